The Morgan fingerprint density at radius 2 is 1.85 bits per heavy atom. The van der Waals surface area contributed by atoms with Crippen LogP contribution < -0.4 is 15.8 Å². The van der Waals surface area contributed by atoms with E-state index in [2.05, 4.69) is 20.2 Å². The van der Waals surface area contributed by atoms with Gasteiger partial charge in [0.25, 0.3) is 15.9 Å². The molecule has 6 rings (SSSR count). The van der Waals surface area contributed by atoms with Crippen LogP contribution >= 0.6 is 0 Å². The van der Waals surface area contributed by atoms with Gasteiger partial charge in [0.15, 0.2) is 0 Å². The van der Waals surface area contributed by atoms with Gasteiger partial charge in [0, 0.05) is 22.7 Å². The molecule has 1 heterocycles. The third-order valence-electron chi connectivity index (χ3n) is 7.80. The molecule has 4 aliphatic rings. The second-order valence-electron chi connectivity index (χ2n) is 10.1. The minimum Gasteiger partial charge on any atom is -0.369 e. The van der Waals surface area contributed by atoms with Gasteiger partial charge in [-0.25, -0.2) is 8.42 Å². The number of sulfonamides is 1. The molecule has 2 amide bonds. The van der Waals surface area contributed by atoms with Crippen molar-refractivity contribution in [2.45, 2.75) is 56.9 Å². The molecule has 9 nitrogen and oxygen atoms in total. The fourth-order valence-corrected chi connectivity index (χ4v) is 8.09. The summed E-state index contributed by atoms with van der Waals surface area (Å²) in [6.45, 7) is 3.26. The van der Waals surface area contributed by atoms with Crippen LogP contribution in [0.2, 0.25) is 0 Å². The number of amides is 2. The highest BCUT2D eigenvalue weighted by Crippen LogP contribution is 2.59. The SMILES string of the molecule is Cc1n[nH]c(C)c1S(=O)(=O)Nc1cccc(C(=O)NC2C3CC4CC2CC(C(N)=O)(C4)C3)c1. The molecule has 4 fully saturated rings. The zero-order chi connectivity index (χ0) is 23.5. The summed E-state index contributed by atoms with van der Waals surface area (Å²) in [5, 5.41) is 9.81. The molecule has 0 aliphatic heterocycles. The zero-order valence-electron chi connectivity index (χ0n) is 18.7. The zero-order valence-corrected chi connectivity index (χ0v) is 19.5. The van der Waals surface area contributed by atoms with Crippen molar-refractivity contribution < 1.29 is 18.0 Å². The minimum atomic E-state index is -3.85. The van der Waals surface area contributed by atoms with Crippen molar-refractivity contribution in [3.63, 3.8) is 0 Å². The topological polar surface area (TPSA) is 147 Å². The number of nitrogens with two attached hydrogens (primary N) is 1. The van der Waals surface area contributed by atoms with Gasteiger partial charge < -0.3 is 11.1 Å². The van der Waals surface area contributed by atoms with Crippen molar-refractivity contribution in [1.82, 2.24) is 15.5 Å². The van der Waals surface area contributed by atoms with Gasteiger partial charge in [0.05, 0.1) is 11.4 Å². The number of rotatable bonds is 6. The number of benzene rings is 1. The van der Waals surface area contributed by atoms with E-state index in [0.29, 0.717) is 28.6 Å². The summed E-state index contributed by atoms with van der Waals surface area (Å²) in [4.78, 5) is 25.4. The van der Waals surface area contributed by atoms with Gasteiger partial charge in [0.1, 0.15) is 4.90 Å². The van der Waals surface area contributed by atoms with E-state index < -0.39 is 15.4 Å². The van der Waals surface area contributed by atoms with Crippen molar-refractivity contribution in [3.05, 3.63) is 41.2 Å². The van der Waals surface area contributed by atoms with E-state index in [1.807, 2.05) is 0 Å². The number of aryl methyl sites for hydroxylation is 2. The van der Waals surface area contributed by atoms with E-state index in [-0.39, 0.29) is 34.6 Å². The Morgan fingerprint density at radius 1 is 1.15 bits per heavy atom. The third kappa shape index (κ3) is 3.70. The standard InChI is InChI=1S/C23H29N5O4S/c1-12-20(13(2)27-26-12)33(31,32)28-18-5-3-4-15(8-18)21(29)25-19-16-6-14-7-17(19)11-23(9-14,10-16)22(24)30/h3-5,8,14,16-17,19,28H,6-7,9-11H2,1-2H3,(H2,24,30)(H,25,29)(H,26,27). The Kier molecular flexibility index (Phi) is 5.04. The number of hydrogen-bond acceptors (Lipinski definition) is 5. The summed E-state index contributed by atoms with van der Waals surface area (Å²) in [6, 6.07) is 6.48. The number of aromatic amines is 1. The highest BCUT2D eigenvalue weighted by Gasteiger charge is 2.58. The molecule has 5 N–H and O–H groups in total. The van der Waals surface area contributed by atoms with Crippen LogP contribution in [0, 0.1) is 37.0 Å². The predicted octanol–water partition coefficient (Wildman–Crippen LogP) is 2.24. The minimum absolute atomic E-state index is 0.0121. The van der Waals surface area contributed by atoms with Crippen LogP contribution in [0.3, 0.4) is 0 Å². The van der Waals surface area contributed by atoms with Gasteiger partial charge in [-0.15, -0.1) is 0 Å². The molecule has 2 aromatic rings. The number of nitrogens with one attached hydrogen (secondary N) is 3. The van der Waals surface area contributed by atoms with Crippen molar-refractivity contribution >= 4 is 27.5 Å². The monoisotopic (exact) mass is 471 g/mol. The van der Waals surface area contributed by atoms with Crippen LogP contribution in [-0.2, 0) is 14.8 Å². The van der Waals surface area contributed by atoms with Crippen molar-refractivity contribution in [2.75, 3.05) is 4.72 Å². The van der Waals surface area contributed by atoms with Crippen LogP contribution in [0.4, 0.5) is 5.69 Å². The molecule has 4 saturated carbocycles. The predicted molar refractivity (Wildman–Crippen MR) is 122 cm³/mol. The van der Waals surface area contributed by atoms with Gasteiger partial charge in [-0.3, -0.25) is 19.4 Å². The molecule has 1 aromatic heterocycles. The van der Waals surface area contributed by atoms with Gasteiger partial charge in [0.2, 0.25) is 5.91 Å². The molecular weight excluding hydrogens is 442 g/mol. The van der Waals surface area contributed by atoms with Crippen molar-refractivity contribution in [3.8, 4) is 0 Å². The molecule has 4 bridgehead atoms. The molecule has 33 heavy (non-hydrogen) atoms. The first-order chi connectivity index (χ1) is 15.6. The Balaban J connectivity index is 1.32. The highest BCUT2D eigenvalue weighted by molar-refractivity contribution is 7.92. The molecule has 0 radical (unpaired) electrons. The van der Waals surface area contributed by atoms with E-state index >= 15 is 0 Å². The molecular formula is C23H29N5O4S. The maximum Gasteiger partial charge on any atom is 0.265 e. The second kappa shape index (κ2) is 7.58. The fraction of sp³-hybridized carbons (Fsp3) is 0.522. The number of hydrogen-bond donors (Lipinski definition) is 4. The molecule has 0 spiro atoms. The lowest BCUT2D eigenvalue weighted by molar-refractivity contribution is -0.145. The lowest BCUT2D eigenvalue weighted by Crippen LogP contribution is -2.62. The smallest absolute Gasteiger partial charge is 0.265 e. The third-order valence-corrected chi connectivity index (χ3v) is 9.44. The maximum absolute atomic E-state index is 13.1. The Hall–Kier alpha value is -2.88. The van der Waals surface area contributed by atoms with Gasteiger partial charge in [-0.1, -0.05) is 6.07 Å². The summed E-state index contributed by atoms with van der Waals surface area (Å²) in [5.41, 5.74) is 6.88. The largest absolute Gasteiger partial charge is 0.369 e. The van der Waals surface area contributed by atoms with Crippen LogP contribution in [0.15, 0.2) is 29.2 Å². The van der Waals surface area contributed by atoms with Gasteiger partial charge >= 0.3 is 0 Å². The Morgan fingerprint density at radius 3 is 2.45 bits per heavy atom. The van der Waals surface area contributed by atoms with Crippen LogP contribution in [0.25, 0.3) is 0 Å². The molecule has 2 atom stereocenters. The van der Waals surface area contributed by atoms with Crippen molar-refractivity contribution in [1.29, 1.82) is 0 Å². The number of carbonyl (C=O) groups is 2. The number of aromatic nitrogens is 2. The van der Waals surface area contributed by atoms with E-state index in [4.69, 9.17) is 5.73 Å². The molecule has 10 heteroatoms. The number of anilines is 1. The lowest BCUT2D eigenvalue weighted by Gasteiger charge is -2.58. The maximum atomic E-state index is 13.1. The first-order valence-electron chi connectivity index (χ1n) is 11.3. The molecule has 4 aliphatic carbocycles. The number of carbonyl (C=O) groups excluding carboxylic acids is 2. The summed E-state index contributed by atoms with van der Waals surface area (Å²) in [5.74, 6) is 0.575. The fourth-order valence-electron chi connectivity index (χ4n) is 6.66. The summed E-state index contributed by atoms with van der Waals surface area (Å²) < 4.78 is 28.2. The van der Waals surface area contributed by atoms with Crippen LogP contribution in [-0.4, -0.2) is 36.5 Å². The van der Waals surface area contributed by atoms with E-state index in [0.717, 1.165) is 32.1 Å². The number of nitrogens with zero attached hydrogens (tertiary/aromatic N) is 1. The first-order valence-corrected chi connectivity index (χ1v) is 12.8. The normalized spacial score (nSPS) is 30.2. The van der Waals surface area contributed by atoms with E-state index in [1.54, 1.807) is 38.1 Å². The summed E-state index contributed by atoms with van der Waals surface area (Å²) in [7, 11) is -3.85. The number of H-pyrrole nitrogens is 1. The molecule has 0 saturated heterocycles. The van der Waals surface area contributed by atoms with E-state index in [9.17, 15) is 18.0 Å². The van der Waals surface area contributed by atoms with Gasteiger partial charge in [-0.2, -0.15) is 5.10 Å². The average Bonchev–Trinajstić information content (AvgIpc) is 3.08. The van der Waals surface area contributed by atoms with Crippen LogP contribution in [0.5, 0.6) is 0 Å². The van der Waals surface area contributed by atoms with Gasteiger partial charge in [-0.05, 0) is 81.9 Å². The Bertz CT molecular complexity index is 1200. The quantitative estimate of drug-likeness (QED) is 0.510. The summed E-state index contributed by atoms with van der Waals surface area (Å²) >= 11 is 0. The molecule has 1 aromatic carbocycles. The Labute approximate surface area is 193 Å². The lowest BCUT2D eigenvalue weighted by atomic mass is 9.47. The summed E-state index contributed by atoms with van der Waals surface area (Å²) in [6.07, 6.45) is 4.39. The van der Waals surface area contributed by atoms with Crippen molar-refractivity contribution in [2.24, 2.45) is 28.9 Å². The second-order valence-corrected chi connectivity index (χ2v) is 11.7. The number of primary amides is 1. The molecule has 2 unspecified atom stereocenters. The van der Waals surface area contributed by atoms with E-state index in [1.165, 1.54) is 0 Å². The molecule has 176 valence electrons. The first kappa shape index (κ1) is 21.9. The average molecular weight is 472 g/mol. The highest BCUT2D eigenvalue weighted by atomic mass is 32.2. The van der Waals surface area contributed by atoms with Crippen LogP contribution in [0.1, 0.15) is 53.8 Å².